The molecule has 0 saturated heterocycles. The van der Waals surface area contributed by atoms with E-state index in [4.69, 9.17) is 17.0 Å². The fraction of sp³-hybridized carbons (Fsp3) is 0.235. The molecule has 0 heterocycles. The number of ether oxygens (including phenoxy) is 1. The lowest BCUT2D eigenvalue weighted by molar-refractivity contribution is 0.414. The Labute approximate surface area is 145 Å². The van der Waals surface area contributed by atoms with Gasteiger partial charge in [-0.1, -0.05) is 34.1 Å². The van der Waals surface area contributed by atoms with Crippen molar-refractivity contribution in [2.24, 2.45) is 0 Å². The molecule has 5 heteroatoms. The lowest BCUT2D eigenvalue weighted by Crippen LogP contribution is -2.29. The van der Waals surface area contributed by atoms with Gasteiger partial charge in [-0.25, -0.2) is 0 Å². The summed E-state index contributed by atoms with van der Waals surface area (Å²) in [6.07, 6.45) is 2.03. The van der Waals surface area contributed by atoms with Crippen molar-refractivity contribution in [1.29, 1.82) is 0 Å². The topological polar surface area (TPSA) is 33.3 Å². The Bertz CT molecular complexity index is 616. The van der Waals surface area contributed by atoms with Gasteiger partial charge in [0.15, 0.2) is 5.11 Å². The van der Waals surface area contributed by atoms with Gasteiger partial charge < -0.3 is 15.4 Å². The van der Waals surface area contributed by atoms with Crippen molar-refractivity contribution in [2.45, 2.75) is 12.8 Å². The number of anilines is 1. The lowest BCUT2D eigenvalue weighted by Gasteiger charge is -2.11. The Morgan fingerprint density at radius 1 is 1.18 bits per heavy atom. The standard InChI is InChI=1S/C17H19BrN2OS/c1-21-16-9-7-13(8-10-16)4-3-11-19-17(22)20-15-6-2-5-14(18)12-15/h2,5-10,12H,3-4,11H2,1H3,(H2,19,20,22). The Morgan fingerprint density at radius 2 is 1.95 bits per heavy atom. The first-order chi connectivity index (χ1) is 10.7. The highest BCUT2D eigenvalue weighted by Gasteiger charge is 1.99. The summed E-state index contributed by atoms with van der Waals surface area (Å²) in [7, 11) is 1.68. The molecule has 0 bridgehead atoms. The van der Waals surface area contributed by atoms with E-state index in [1.165, 1.54) is 5.56 Å². The molecule has 116 valence electrons. The van der Waals surface area contributed by atoms with Crippen LogP contribution in [0.15, 0.2) is 53.0 Å². The van der Waals surface area contributed by atoms with Gasteiger partial charge in [-0.05, 0) is 61.0 Å². The van der Waals surface area contributed by atoms with Crippen LogP contribution in [0.1, 0.15) is 12.0 Å². The SMILES string of the molecule is COc1ccc(CCCNC(=S)Nc2cccc(Br)c2)cc1. The van der Waals surface area contributed by atoms with E-state index in [-0.39, 0.29) is 0 Å². The summed E-state index contributed by atoms with van der Waals surface area (Å²) >= 11 is 8.73. The number of halogens is 1. The summed E-state index contributed by atoms with van der Waals surface area (Å²) in [5.74, 6) is 0.890. The highest BCUT2D eigenvalue weighted by atomic mass is 79.9. The Balaban J connectivity index is 1.68. The highest BCUT2D eigenvalue weighted by molar-refractivity contribution is 9.10. The van der Waals surface area contributed by atoms with Crippen LogP contribution >= 0.6 is 28.1 Å². The minimum absolute atomic E-state index is 0.646. The number of methoxy groups -OCH3 is 1. The number of aryl methyl sites for hydroxylation is 1. The summed E-state index contributed by atoms with van der Waals surface area (Å²) in [6.45, 7) is 0.839. The molecular formula is C17H19BrN2OS. The zero-order valence-corrected chi connectivity index (χ0v) is 14.8. The molecule has 0 radical (unpaired) electrons. The average Bonchev–Trinajstić information content (AvgIpc) is 2.52. The number of thiocarbonyl (C=S) groups is 1. The maximum atomic E-state index is 5.29. The summed E-state index contributed by atoms with van der Waals surface area (Å²) in [6, 6.07) is 16.1. The number of benzene rings is 2. The quantitative estimate of drug-likeness (QED) is 0.577. The van der Waals surface area contributed by atoms with Gasteiger partial charge in [0.25, 0.3) is 0 Å². The fourth-order valence-electron chi connectivity index (χ4n) is 2.03. The third-order valence-corrected chi connectivity index (χ3v) is 3.91. The van der Waals surface area contributed by atoms with Crippen LogP contribution in [0.5, 0.6) is 5.75 Å². The van der Waals surface area contributed by atoms with Crippen LogP contribution in [0.4, 0.5) is 5.69 Å². The number of hydrogen-bond acceptors (Lipinski definition) is 2. The van der Waals surface area contributed by atoms with Gasteiger partial charge in [-0.2, -0.15) is 0 Å². The van der Waals surface area contributed by atoms with Crippen molar-refractivity contribution in [1.82, 2.24) is 5.32 Å². The largest absolute Gasteiger partial charge is 0.497 e. The molecule has 22 heavy (non-hydrogen) atoms. The second kappa shape index (κ2) is 8.76. The highest BCUT2D eigenvalue weighted by Crippen LogP contribution is 2.15. The van der Waals surface area contributed by atoms with E-state index in [0.717, 1.165) is 35.3 Å². The van der Waals surface area contributed by atoms with Crippen molar-refractivity contribution in [2.75, 3.05) is 19.0 Å². The molecule has 0 unspecified atom stereocenters. The monoisotopic (exact) mass is 378 g/mol. The first-order valence-electron chi connectivity index (χ1n) is 7.11. The summed E-state index contributed by atoms with van der Waals surface area (Å²) < 4.78 is 6.18. The normalized spacial score (nSPS) is 10.1. The van der Waals surface area contributed by atoms with Crippen LogP contribution in [0.25, 0.3) is 0 Å². The molecule has 0 aliphatic rings. The average molecular weight is 379 g/mol. The van der Waals surface area contributed by atoms with Gasteiger partial charge >= 0.3 is 0 Å². The number of hydrogen-bond donors (Lipinski definition) is 2. The first-order valence-corrected chi connectivity index (χ1v) is 8.31. The van der Waals surface area contributed by atoms with E-state index in [2.05, 4.69) is 38.7 Å². The smallest absolute Gasteiger partial charge is 0.170 e. The molecule has 0 amide bonds. The summed E-state index contributed by atoms with van der Waals surface area (Å²) in [5.41, 5.74) is 2.27. The van der Waals surface area contributed by atoms with Crippen LogP contribution < -0.4 is 15.4 Å². The summed E-state index contributed by atoms with van der Waals surface area (Å²) in [5, 5.41) is 7.04. The second-order valence-electron chi connectivity index (χ2n) is 4.84. The van der Waals surface area contributed by atoms with Crippen molar-refractivity contribution in [3.63, 3.8) is 0 Å². The van der Waals surface area contributed by atoms with E-state index >= 15 is 0 Å². The van der Waals surface area contributed by atoms with E-state index < -0.39 is 0 Å². The van der Waals surface area contributed by atoms with Crippen LogP contribution in [0.3, 0.4) is 0 Å². The van der Waals surface area contributed by atoms with Gasteiger partial charge in [0.2, 0.25) is 0 Å². The predicted molar refractivity (Wildman–Crippen MR) is 99.7 cm³/mol. The molecule has 0 aliphatic heterocycles. The Kier molecular flexibility index (Phi) is 6.68. The first kappa shape index (κ1) is 16.8. The predicted octanol–water partition coefficient (Wildman–Crippen LogP) is 4.38. The van der Waals surface area contributed by atoms with Crippen molar-refractivity contribution >= 4 is 38.9 Å². The van der Waals surface area contributed by atoms with E-state index in [9.17, 15) is 0 Å². The molecule has 3 nitrogen and oxygen atoms in total. The van der Waals surface area contributed by atoms with Crippen LogP contribution in [0, 0.1) is 0 Å². The minimum Gasteiger partial charge on any atom is -0.497 e. The van der Waals surface area contributed by atoms with E-state index in [0.29, 0.717) is 5.11 Å². The van der Waals surface area contributed by atoms with Gasteiger partial charge in [0, 0.05) is 16.7 Å². The van der Waals surface area contributed by atoms with Gasteiger partial charge in [0.05, 0.1) is 7.11 Å². The second-order valence-corrected chi connectivity index (χ2v) is 6.17. The van der Waals surface area contributed by atoms with E-state index in [1.807, 2.05) is 36.4 Å². The maximum absolute atomic E-state index is 5.29. The van der Waals surface area contributed by atoms with Crippen LogP contribution in [0.2, 0.25) is 0 Å². The molecule has 0 aliphatic carbocycles. The molecule has 2 N–H and O–H groups in total. The molecule has 2 rings (SSSR count). The van der Waals surface area contributed by atoms with E-state index in [1.54, 1.807) is 7.11 Å². The molecule has 2 aromatic carbocycles. The Hall–Kier alpha value is -1.59. The molecule has 0 spiro atoms. The molecule has 0 atom stereocenters. The fourth-order valence-corrected chi connectivity index (χ4v) is 2.65. The number of nitrogens with one attached hydrogen (secondary N) is 2. The zero-order valence-electron chi connectivity index (χ0n) is 12.4. The van der Waals surface area contributed by atoms with Crippen molar-refractivity contribution in [3.05, 3.63) is 58.6 Å². The van der Waals surface area contributed by atoms with Crippen molar-refractivity contribution in [3.8, 4) is 5.75 Å². The molecule has 0 aromatic heterocycles. The molecular weight excluding hydrogens is 360 g/mol. The molecule has 0 saturated carbocycles. The summed E-state index contributed by atoms with van der Waals surface area (Å²) in [4.78, 5) is 0. The minimum atomic E-state index is 0.646. The van der Waals surface area contributed by atoms with Gasteiger partial charge in [-0.3, -0.25) is 0 Å². The van der Waals surface area contributed by atoms with Gasteiger partial charge in [0.1, 0.15) is 5.75 Å². The van der Waals surface area contributed by atoms with Gasteiger partial charge in [-0.15, -0.1) is 0 Å². The molecule has 2 aromatic rings. The van der Waals surface area contributed by atoms with Crippen LogP contribution in [-0.4, -0.2) is 18.8 Å². The Morgan fingerprint density at radius 3 is 2.64 bits per heavy atom. The van der Waals surface area contributed by atoms with Crippen molar-refractivity contribution < 1.29 is 4.74 Å². The molecule has 0 fully saturated rings. The van der Waals surface area contributed by atoms with Crippen LogP contribution in [-0.2, 0) is 6.42 Å². The third-order valence-electron chi connectivity index (χ3n) is 3.17. The maximum Gasteiger partial charge on any atom is 0.170 e. The third kappa shape index (κ3) is 5.66. The zero-order chi connectivity index (χ0) is 15.8. The lowest BCUT2D eigenvalue weighted by atomic mass is 10.1. The number of rotatable bonds is 6.